The summed E-state index contributed by atoms with van der Waals surface area (Å²) < 4.78 is 45.9. The number of ether oxygens (including phenoxy) is 7. The van der Waals surface area contributed by atoms with Crippen LogP contribution in [0.2, 0.25) is 0 Å². The SMILES string of the molecule is CCC1O[C@H]([OH+][C@@H]2C(CC)O[C@@H](O[C@H]3C(CC)O[C@H](C)[C@H](C)C3C)C(C)[C@H]2C)[C@H](C)C(C)[C@H]1O[C@@H]1OC(CC)[C@@H](C)[C@H](C)C1C. The minimum atomic E-state index is -0.263. The summed E-state index contributed by atoms with van der Waals surface area (Å²) in [5, 5.41) is 0. The van der Waals surface area contributed by atoms with Gasteiger partial charge in [0.1, 0.15) is 6.10 Å². The zero-order chi connectivity index (χ0) is 33.3. The lowest BCUT2D eigenvalue weighted by Crippen LogP contribution is -2.60. The fourth-order valence-corrected chi connectivity index (χ4v) is 8.66. The number of rotatable bonds is 10. The highest BCUT2D eigenvalue weighted by atomic mass is 16.7. The highest BCUT2D eigenvalue weighted by Gasteiger charge is 2.53. The first kappa shape index (κ1) is 37.5. The van der Waals surface area contributed by atoms with Gasteiger partial charge in [0.2, 0.25) is 0 Å². The summed E-state index contributed by atoms with van der Waals surface area (Å²) in [5.41, 5.74) is 0. The molecule has 0 radical (unpaired) electrons. The monoisotopic (exact) mass is 640 g/mol. The summed E-state index contributed by atoms with van der Waals surface area (Å²) in [6.45, 7) is 31.8. The third-order valence-corrected chi connectivity index (χ3v) is 13.3. The van der Waals surface area contributed by atoms with Gasteiger partial charge in [0.25, 0.3) is 6.29 Å². The highest BCUT2D eigenvalue weighted by Crippen LogP contribution is 2.43. The molecule has 1 N–H and O–H groups in total. The Hall–Kier alpha value is -0.280. The Bertz CT molecular complexity index is 893. The fourth-order valence-electron chi connectivity index (χ4n) is 8.66. The van der Waals surface area contributed by atoms with Crippen molar-refractivity contribution in [2.24, 2.45) is 53.3 Å². The summed E-state index contributed by atoms with van der Waals surface area (Å²) in [7, 11) is 0. The first-order valence-electron chi connectivity index (χ1n) is 18.9. The average Bonchev–Trinajstić information content (AvgIpc) is 3.03. The van der Waals surface area contributed by atoms with Crippen LogP contribution in [0, 0.1) is 53.3 Å². The number of hydrogen-bond acceptors (Lipinski definition) is 6. The molecule has 7 nitrogen and oxygen atoms in total. The van der Waals surface area contributed by atoms with E-state index in [1.165, 1.54) is 0 Å². The van der Waals surface area contributed by atoms with Crippen LogP contribution in [0.15, 0.2) is 0 Å². The Morgan fingerprint density at radius 3 is 1.42 bits per heavy atom. The van der Waals surface area contributed by atoms with E-state index in [0.29, 0.717) is 41.4 Å². The summed E-state index contributed by atoms with van der Waals surface area (Å²) in [4.78, 5) is 0. The van der Waals surface area contributed by atoms with Crippen molar-refractivity contribution >= 4 is 0 Å². The van der Waals surface area contributed by atoms with E-state index in [4.69, 9.17) is 33.2 Å². The minimum absolute atomic E-state index is 0.0106. The van der Waals surface area contributed by atoms with Gasteiger partial charge in [-0.05, 0) is 62.2 Å². The predicted molar refractivity (Wildman–Crippen MR) is 180 cm³/mol. The number of hydrogen-bond donors (Lipinski definition) is 0. The molecule has 0 aromatic rings. The van der Waals surface area contributed by atoms with Gasteiger partial charge in [-0.15, -0.1) is 0 Å². The van der Waals surface area contributed by atoms with Crippen LogP contribution in [-0.4, -0.2) is 72.4 Å². The van der Waals surface area contributed by atoms with E-state index < -0.39 is 0 Å². The molecular formula is C38H71O7+. The van der Waals surface area contributed by atoms with E-state index in [2.05, 4.69) is 96.9 Å². The maximum absolute atomic E-state index is 6.89. The summed E-state index contributed by atoms with van der Waals surface area (Å²) in [6.07, 6.45) is 3.70. The number of aliphatic hydroxyl groups is 2. The zero-order valence-electron chi connectivity index (χ0n) is 31.3. The molecule has 4 aliphatic heterocycles. The Labute approximate surface area is 276 Å². The van der Waals surface area contributed by atoms with Crippen molar-refractivity contribution in [2.75, 3.05) is 0 Å². The lowest BCUT2D eigenvalue weighted by atomic mass is 9.78. The largest absolute Gasteiger partial charge is 0.405 e. The molecule has 0 aromatic carbocycles. The van der Waals surface area contributed by atoms with E-state index >= 15 is 0 Å². The lowest BCUT2D eigenvalue weighted by molar-refractivity contribution is -0.399. The van der Waals surface area contributed by atoms with Gasteiger partial charge >= 0.3 is 0 Å². The van der Waals surface area contributed by atoms with Crippen LogP contribution in [0.4, 0.5) is 0 Å². The van der Waals surface area contributed by atoms with Crippen molar-refractivity contribution in [1.82, 2.24) is 0 Å². The molecule has 45 heavy (non-hydrogen) atoms. The molecule has 0 aromatic heterocycles. The third-order valence-electron chi connectivity index (χ3n) is 13.3. The first-order valence-corrected chi connectivity index (χ1v) is 18.9. The second kappa shape index (κ2) is 16.0. The molecule has 0 amide bonds. The van der Waals surface area contributed by atoms with Crippen molar-refractivity contribution in [2.45, 2.75) is 190 Å². The molecule has 20 atom stereocenters. The van der Waals surface area contributed by atoms with Crippen LogP contribution in [0.1, 0.15) is 123 Å². The van der Waals surface area contributed by atoms with Gasteiger partial charge in [-0.25, -0.2) is 0 Å². The Morgan fingerprint density at radius 1 is 0.422 bits per heavy atom. The molecule has 4 aliphatic rings. The molecule has 4 heterocycles. The van der Waals surface area contributed by atoms with Crippen molar-refractivity contribution in [1.29, 1.82) is 0 Å². The van der Waals surface area contributed by atoms with E-state index in [1.807, 2.05) is 0 Å². The first-order chi connectivity index (χ1) is 21.3. The molecule has 0 saturated carbocycles. The lowest BCUT2D eigenvalue weighted by Gasteiger charge is -2.50. The third kappa shape index (κ3) is 7.65. The second-order valence-electron chi connectivity index (χ2n) is 15.7. The molecule has 0 bridgehead atoms. The van der Waals surface area contributed by atoms with Crippen LogP contribution in [0.5, 0.6) is 0 Å². The molecule has 4 fully saturated rings. The summed E-state index contributed by atoms with van der Waals surface area (Å²) in [6, 6.07) is 0. The predicted octanol–water partition coefficient (Wildman–Crippen LogP) is 7.98. The molecule has 4 rings (SSSR count). The summed E-state index contributed by atoms with van der Waals surface area (Å²) in [5.74, 6) is 3.30. The van der Waals surface area contributed by atoms with Crippen molar-refractivity contribution in [3.05, 3.63) is 0 Å². The van der Waals surface area contributed by atoms with E-state index in [-0.39, 0.29) is 79.5 Å². The second-order valence-corrected chi connectivity index (χ2v) is 15.7. The van der Waals surface area contributed by atoms with E-state index in [0.717, 1.165) is 25.7 Å². The van der Waals surface area contributed by atoms with Crippen molar-refractivity contribution in [3.8, 4) is 0 Å². The van der Waals surface area contributed by atoms with Crippen LogP contribution in [0.3, 0.4) is 0 Å². The Balaban J connectivity index is 1.43. The van der Waals surface area contributed by atoms with E-state index in [1.54, 1.807) is 0 Å². The van der Waals surface area contributed by atoms with Crippen molar-refractivity contribution in [3.63, 3.8) is 0 Å². The standard InChI is InChI=1S/C38H70O7/c1-15-29-21(7)19(5)25(11)36(40-29)44-34-23(9)27(13)38(42-31(34)17-3)45-35-24(10)26(12)37(41-32(35)18-4)43-33-22(8)20(6)28(14)39-30(33)16-2/h19-38H,15-18H2,1-14H3/p+1/t19-,20+,21-,22?,23?,24+,25?,26?,27+,28+,29?,30?,31?,32?,33+,34+,35-,36-,37-,38+/m0/s1. The average molecular weight is 640 g/mol. The van der Waals surface area contributed by atoms with Crippen LogP contribution < -0.4 is 0 Å². The fraction of sp³-hybridized carbons (Fsp3) is 1.00. The highest BCUT2D eigenvalue weighted by molar-refractivity contribution is 4.93. The van der Waals surface area contributed by atoms with Crippen molar-refractivity contribution < 1.29 is 33.2 Å². The molecule has 264 valence electrons. The maximum Gasteiger partial charge on any atom is 0.268 e. The Morgan fingerprint density at radius 2 is 0.889 bits per heavy atom. The molecule has 4 saturated heterocycles. The molecule has 7 heteroatoms. The topological polar surface area (TPSA) is 68.2 Å². The van der Waals surface area contributed by atoms with Gasteiger partial charge in [-0.2, -0.15) is 0 Å². The molecule has 0 spiro atoms. The van der Waals surface area contributed by atoms with Gasteiger partial charge in [-0.3, -0.25) is 0 Å². The maximum atomic E-state index is 6.89. The van der Waals surface area contributed by atoms with E-state index in [9.17, 15) is 0 Å². The normalized spacial score (nSPS) is 52.9. The van der Waals surface area contributed by atoms with Gasteiger partial charge in [0.15, 0.2) is 18.7 Å². The van der Waals surface area contributed by atoms with Crippen LogP contribution in [0.25, 0.3) is 0 Å². The molecule has 8 unspecified atom stereocenters. The quantitative estimate of drug-likeness (QED) is 0.226. The van der Waals surface area contributed by atoms with Gasteiger partial charge in [0, 0.05) is 17.8 Å². The van der Waals surface area contributed by atoms with Gasteiger partial charge in [0.05, 0.1) is 42.5 Å². The Kier molecular flexibility index (Phi) is 13.3. The van der Waals surface area contributed by atoms with Crippen LogP contribution in [-0.2, 0) is 28.4 Å². The summed E-state index contributed by atoms with van der Waals surface area (Å²) >= 11 is 0. The van der Waals surface area contributed by atoms with Crippen LogP contribution >= 0.6 is 0 Å². The molecule has 0 aliphatic carbocycles. The molecular weight excluding hydrogens is 568 g/mol. The smallest absolute Gasteiger partial charge is 0.268 e. The van der Waals surface area contributed by atoms with Gasteiger partial charge < -0.3 is 33.2 Å². The van der Waals surface area contributed by atoms with Gasteiger partial charge in [-0.1, -0.05) is 90.0 Å². The zero-order valence-corrected chi connectivity index (χ0v) is 31.3. The minimum Gasteiger partial charge on any atom is -0.405 e.